The Hall–Kier alpha value is -0.400. The van der Waals surface area contributed by atoms with E-state index in [0.717, 1.165) is 6.42 Å². The largest absolute Gasteiger partial charge is 1.00 e. The molecule has 1 unspecified atom stereocenters. The van der Waals surface area contributed by atoms with Crippen LogP contribution in [0.3, 0.4) is 0 Å². The monoisotopic (exact) mass is 476 g/mol. The minimum absolute atomic E-state index is 0. The molecular weight excluding hydrogens is 454 g/mol. The molecule has 1 atom stereocenters. The van der Waals surface area contributed by atoms with Crippen molar-refractivity contribution in [1.82, 2.24) is 0 Å². The fourth-order valence-corrected chi connectivity index (χ4v) is 22.4. The van der Waals surface area contributed by atoms with Gasteiger partial charge in [-0.2, -0.15) is 0 Å². The van der Waals surface area contributed by atoms with Crippen molar-refractivity contribution in [1.29, 1.82) is 0 Å². The van der Waals surface area contributed by atoms with Crippen molar-refractivity contribution in [2.24, 2.45) is 5.92 Å². The zero-order chi connectivity index (χ0) is 16.8. The first-order valence-corrected chi connectivity index (χ1v) is 17.5. The summed E-state index contributed by atoms with van der Waals surface area (Å²) in [5.41, 5.74) is 7.47. The molecule has 0 saturated carbocycles. The van der Waals surface area contributed by atoms with Crippen LogP contribution in [0, 0.1) is 5.92 Å². The third-order valence-electron chi connectivity index (χ3n) is 5.40. The number of hydrogen-bond acceptors (Lipinski definition) is 0. The van der Waals surface area contributed by atoms with E-state index in [2.05, 4.69) is 81.6 Å². The van der Waals surface area contributed by atoms with Gasteiger partial charge in [-0.15, -0.1) is 0 Å². The van der Waals surface area contributed by atoms with Crippen LogP contribution in [0.25, 0.3) is 11.1 Å². The van der Waals surface area contributed by atoms with Gasteiger partial charge in [-0.25, -0.2) is 0 Å². The molecular formula is C22H24Cl2SiZr. The summed E-state index contributed by atoms with van der Waals surface area (Å²) in [5, 5.41) is 0. The van der Waals surface area contributed by atoms with E-state index in [1.165, 1.54) is 16.7 Å². The average Bonchev–Trinajstić information content (AvgIpc) is 3.10. The van der Waals surface area contributed by atoms with Gasteiger partial charge in [0.2, 0.25) is 0 Å². The Bertz CT molecular complexity index is 937. The van der Waals surface area contributed by atoms with Crippen LogP contribution in [0.5, 0.6) is 0 Å². The van der Waals surface area contributed by atoms with Crippen LogP contribution in [-0.4, -0.2) is 5.43 Å². The van der Waals surface area contributed by atoms with Gasteiger partial charge in [-0.3, -0.25) is 0 Å². The Labute approximate surface area is 177 Å². The predicted molar refractivity (Wildman–Crippen MR) is 103 cm³/mol. The molecule has 26 heavy (non-hydrogen) atoms. The van der Waals surface area contributed by atoms with Crippen molar-refractivity contribution in [3.63, 3.8) is 0 Å². The molecule has 0 saturated heterocycles. The van der Waals surface area contributed by atoms with Crippen LogP contribution >= 0.6 is 0 Å². The third kappa shape index (κ3) is 3.63. The molecule has 0 N–H and O–H groups in total. The zero-order valence-corrected chi connectivity index (χ0v) is 20.7. The second-order valence-electron chi connectivity index (χ2n) is 7.29. The number of allylic oxidation sites excluding steroid dienone is 4. The Kier molecular flexibility index (Phi) is 7.36. The normalized spacial score (nSPS) is 16.2. The summed E-state index contributed by atoms with van der Waals surface area (Å²) in [7, 11) is 0. The molecule has 0 aromatic heterocycles. The van der Waals surface area contributed by atoms with Gasteiger partial charge < -0.3 is 24.8 Å². The molecule has 2 aliphatic carbocycles. The number of benzene rings is 2. The van der Waals surface area contributed by atoms with Crippen LogP contribution in [0.2, 0.25) is 13.1 Å². The Morgan fingerprint density at radius 2 is 1.65 bits per heavy atom. The molecule has 0 radical (unpaired) electrons. The molecule has 0 spiro atoms. The molecule has 0 aliphatic heterocycles. The number of rotatable bonds is 2. The van der Waals surface area contributed by atoms with Gasteiger partial charge in [-0.1, -0.05) is 0 Å². The molecule has 0 amide bonds. The quantitative estimate of drug-likeness (QED) is 0.425. The second kappa shape index (κ2) is 8.74. The summed E-state index contributed by atoms with van der Waals surface area (Å²) in [6.45, 7) is 9.88. The first-order chi connectivity index (χ1) is 11.6. The van der Waals surface area contributed by atoms with E-state index in [1.807, 2.05) is 3.28 Å². The molecule has 0 nitrogen and oxygen atoms in total. The van der Waals surface area contributed by atoms with Gasteiger partial charge in [-0.05, 0) is 0 Å². The van der Waals surface area contributed by atoms with E-state index in [9.17, 15) is 0 Å². The van der Waals surface area contributed by atoms with E-state index < -0.39 is 20.4 Å². The van der Waals surface area contributed by atoms with Crippen LogP contribution < -0.4 is 28.1 Å². The molecule has 0 bridgehead atoms. The van der Waals surface area contributed by atoms with Crippen molar-refractivity contribution in [3.8, 4) is 11.1 Å². The zero-order valence-electron chi connectivity index (χ0n) is 15.7. The van der Waals surface area contributed by atoms with Crippen LogP contribution in [0.1, 0.15) is 25.0 Å². The molecule has 2 aromatic carbocycles. The number of fused-ring (bicyclic) bond motifs is 3. The van der Waals surface area contributed by atoms with Gasteiger partial charge in [0.15, 0.2) is 0 Å². The van der Waals surface area contributed by atoms with Crippen molar-refractivity contribution >= 4 is 8.70 Å². The maximum absolute atomic E-state index is 2.56. The molecule has 134 valence electrons. The predicted octanol–water partition coefficient (Wildman–Crippen LogP) is -0.760. The smallest absolute Gasteiger partial charge is 1.00 e. The summed E-state index contributed by atoms with van der Waals surface area (Å²) in [5.74, 6) is 0.666. The minimum atomic E-state index is -1.80. The first kappa shape index (κ1) is 21.9. The minimum Gasteiger partial charge on any atom is -1.00 e. The van der Waals surface area contributed by atoms with Gasteiger partial charge >= 0.3 is 154 Å². The Morgan fingerprint density at radius 3 is 2.31 bits per heavy atom. The van der Waals surface area contributed by atoms with Crippen LogP contribution in [0.4, 0.5) is 0 Å². The standard InChI is InChI=1S/C13H9.C7H9.C2H6Si.2ClH.Zr/c1-3-7-12-10(5-1)9-11-6-2-4-8-13(11)12;1-6-3-4-7(2)5-6;1-3-2;;;/h1-5,7-8H,9H2;3-4,6H,1-2H3;1-2H3;2*1H;/q;;;;;+2/p-2. The van der Waals surface area contributed by atoms with E-state index in [-0.39, 0.29) is 30.2 Å². The molecule has 2 aromatic rings. The topological polar surface area (TPSA) is 0 Å². The Morgan fingerprint density at radius 1 is 0.962 bits per heavy atom. The maximum atomic E-state index is 2.56. The average molecular weight is 479 g/mol. The molecule has 4 heteroatoms. The summed E-state index contributed by atoms with van der Waals surface area (Å²) in [6.07, 6.45) is 5.95. The maximum Gasteiger partial charge on any atom is -1.00 e. The third-order valence-corrected chi connectivity index (χ3v) is 22.9. The fourth-order valence-electron chi connectivity index (χ4n) is 4.33. The molecule has 0 fully saturated rings. The summed E-state index contributed by atoms with van der Waals surface area (Å²) < 4.78 is 3.65. The van der Waals surface area contributed by atoms with Crippen molar-refractivity contribution in [3.05, 3.63) is 74.6 Å². The van der Waals surface area contributed by atoms with Crippen molar-refractivity contribution < 1.29 is 45.2 Å². The van der Waals surface area contributed by atoms with E-state index in [0.29, 0.717) is 5.92 Å². The van der Waals surface area contributed by atoms with Crippen molar-refractivity contribution in [2.75, 3.05) is 0 Å². The van der Waals surface area contributed by atoms with E-state index >= 15 is 0 Å². The SMILES string of the molecule is CC1=[C]([Zr+2]([c]2cccc3c2Cc2ccccc2-3)=[Si](C)C)C(C)C=C1.[Cl-].[Cl-]. The van der Waals surface area contributed by atoms with E-state index in [4.69, 9.17) is 0 Å². The molecule has 4 rings (SSSR count). The van der Waals surface area contributed by atoms with Crippen LogP contribution in [-0.2, 0) is 26.8 Å². The molecule has 0 heterocycles. The van der Waals surface area contributed by atoms with Gasteiger partial charge in [0, 0.05) is 0 Å². The van der Waals surface area contributed by atoms with Gasteiger partial charge in [0.25, 0.3) is 0 Å². The van der Waals surface area contributed by atoms with E-state index in [1.54, 1.807) is 14.4 Å². The Balaban J connectivity index is 0.00000121. The fraction of sp³-hybridized carbons (Fsp3) is 0.273. The van der Waals surface area contributed by atoms with Gasteiger partial charge in [0.1, 0.15) is 0 Å². The summed E-state index contributed by atoms with van der Waals surface area (Å²) in [6, 6.07) is 16.2. The summed E-state index contributed by atoms with van der Waals surface area (Å²) >= 11 is -1.80. The number of hydrogen-bond donors (Lipinski definition) is 0. The molecule has 2 aliphatic rings. The van der Waals surface area contributed by atoms with Crippen LogP contribution in [0.15, 0.2) is 63.5 Å². The second-order valence-corrected chi connectivity index (χ2v) is 24.1. The summed E-state index contributed by atoms with van der Waals surface area (Å²) in [4.78, 5) is 0. The number of halogens is 2. The first-order valence-electron chi connectivity index (χ1n) is 8.85. The van der Waals surface area contributed by atoms with Gasteiger partial charge in [0.05, 0.1) is 0 Å². The van der Waals surface area contributed by atoms with Crippen molar-refractivity contribution in [2.45, 2.75) is 33.4 Å².